The van der Waals surface area contributed by atoms with Crippen molar-refractivity contribution in [2.24, 2.45) is 0 Å². The van der Waals surface area contributed by atoms with Crippen LogP contribution >= 0.6 is 0 Å². The summed E-state index contributed by atoms with van der Waals surface area (Å²) in [6.45, 7) is 0. The minimum atomic E-state index is 0.481. The van der Waals surface area contributed by atoms with Crippen LogP contribution in [0, 0.1) is 56.7 Å². The van der Waals surface area contributed by atoms with Gasteiger partial charge in [-0.2, -0.15) is 26.3 Å². The number of hydrogen-bond donors (Lipinski definition) is 0. The van der Waals surface area contributed by atoms with Crippen LogP contribution in [0.4, 0.5) is 0 Å². The Bertz CT molecular complexity index is 2760. The summed E-state index contributed by atoms with van der Waals surface area (Å²) in [5.41, 5.74) is 7.87. The lowest BCUT2D eigenvalue weighted by Gasteiger charge is -2.17. The molecule has 0 spiro atoms. The second-order valence-corrected chi connectivity index (χ2v) is 11.3. The Labute approximate surface area is 273 Å². The summed E-state index contributed by atoms with van der Waals surface area (Å²) in [6.07, 6.45) is 1.78. The average molecular weight is 611 g/mol. The minimum absolute atomic E-state index is 0.481. The molecule has 0 aliphatic carbocycles. The fraction of sp³-hybridized carbons (Fsp3) is 0. The molecule has 0 atom stereocenters. The number of rotatable bonds is 3. The van der Waals surface area contributed by atoms with Gasteiger partial charge in [0.25, 0.3) is 0 Å². The molecule has 48 heavy (non-hydrogen) atoms. The van der Waals surface area contributed by atoms with E-state index in [1.807, 2.05) is 77.4 Å². The maximum atomic E-state index is 10.2. The van der Waals surface area contributed by atoms with Gasteiger partial charge in [-0.1, -0.05) is 18.2 Å². The summed E-state index contributed by atoms with van der Waals surface area (Å²) in [5, 5.41) is 52.1. The lowest BCUT2D eigenvalue weighted by molar-refractivity contribution is 1.06. The van der Waals surface area contributed by atoms with Crippen LogP contribution in [0.5, 0.6) is 0 Å². The highest BCUT2D eigenvalue weighted by Gasteiger charge is 2.21. The lowest BCUT2D eigenvalue weighted by Crippen LogP contribution is -2.04. The zero-order valence-electron chi connectivity index (χ0n) is 25.0. The third kappa shape index (κ3) is 4.08. The smallest absolute Gasteiger partial charge is 0.138 e. The van der Waals surface area contributed by atoms with Gasteiger partial charge in [-0.05, 0) is 84.9 Å². The van der Waals surface area contributed by atoms with Crippen molar-refractivity contribution >= 4 is 43.6 Å². The molecule has 0 aliphatic rings. The number of benzene rings is 5. The molecular formula is C40H18N8. The SMILES string of the molecule is N#Cc1ccc2c(c1)c1cc(C#N)ccc1n2-c1cc(-c2ccccc2C#N)c(-n2c3ccc(C#N)cc3c3cc(C#N)ccc32)cn1. The van der Waals surface area contributed by atoms with E-state index >= 15 is 0 Å². The lowest BCUT2D eigenvalue weighted by atomic mass is 9.99. The van der Waals surface area contributed by atoms with Gasteiger partial charge in [0.2, 0.25) is 0 Å². The Balaban J connectivity index is 1.49. The van der Waals surface area contributed by atoms with Gasteiger partial charge in [0, 0.05) is 32.7 Å². The molecule has 0 saturated carbocycles. The zero-order valence-corrected chi connectivity index (χ0v) is 25.0. The van der Waals surface area contributed by atoms with E-state index in [1.54, 1.807) is 36.5 Å². The van der Waals surface area contributed by atoms with E-state index in [-0.39, 0.29) is 0 Å². The van der Waals surface area contributed by atoms with Gasteiger partial charge >= 0.3 is 0 Å². The monoisotopic (exact) mass is 610 g/mol. The first kappa shape index (κ1) is 27.8. The summed E-state index contributed by atoms with van der Waals surface area (Å²) in [6, 6.07) is 42.4. The molecule has 0 amide bonds. The van der Waals surface area contributed by atoms with Gasteiger partial charge in [-0.15, -0.1) is 0 Å². The topological polar surface area (TPSA) is 142 Å². The maximum Gasteiger partial charge on any atom is 0.138 e. The van der Waals surface area contributed by atoms with E-state index in [4.69, 9.17) is 4.98 Å². The normalized spacial score (nSPS) is 10.8. The Morgan fingerprint density at radius 2 is 0.875 bits per heavy atom. The Hall–Kier alpha value is -7.70. The van der Waals surface area contributed by atoms with E-state index in [1.165, 1.54) is 0 Å². The van der Waals surface area contributed by atoms with Crippen LogP contribution in [0.25, 0.3) is 66.2 Å². The third-order valence-electron chi connectivity index (χ3n) is 8.72. The molecular weight excluding hydrogens is 592 g/mol. The summed E-state index contributed by atoms with van der Waals surface area (Å²) in [7, 11) is 0. The molecule has 0 saturated heterocycles. The number of fused-ring (bicyclic) bond motifs is 6. The van der Waals surface area contributed by atoms with Crippen LogP contribution in [0.3, 0.4) is 0 Å². The molecule has 0 fully saturated rings. The molecule has 5 aromatic carbocycles. The molecule has 0 N–H and O–H groups in total. The van der Waals surface area contributed by atoms with Crippen LogP contribution in [-0.2, 0) is 0 Å². The molecule has 8 rings (SSSR count). The summed E-state index contributed by atoms with van der Waals surface area (Å²) in [5.74, 6) is 0.579. The maximum absolute atomic E-state index is 10.2. The first-order valence-corrected chi connectivity index (χ1v) is 14.8. The number of pyridine rings is 1. The first-order valence-electron chi connectivity index (χ1n) is 14.8. The van der Waals surface area contributed by atoms with E-state index in [0.29, 0.717) is 44.9 Å². The van der Waals surface area contributed by atoms with Gasteiger partial charge in [-0.3, -0.25) is 4.57 Å². The quantitative estimate of drug-likeness (QED) is 0.197. The molecule has 3 aromatic heterocycles. The molecule has 0 unspecified atom stereocenters. The zero-order chi connectivity index (χ0) is 32.9. The van der Waals surface area contributed by atoms with Gasteiger partial charge < -0.3 is 4.57 Å². The van der Waals surface area contributed by atoms with Crippen LogP contribution in [0.1, 0.15) is 27.8 Å². The van der Waals surface area contributed by atoms with E-state index in [0.717, 1.165) is 49.2 Å². The van der Waals surface area contributed by atoms with E-state index in [9.17, 15) is 26.3 Å². The highest BCUT2D eigenvalue weighted by Crippen LogP contribution is 2.40. The third-order valence-corrected chi connectivity index (χ3v) is 8.72. The van der Waals surface area contributed by atoms with Crippen molar-refractivity contribution in [3.8, 4) is 53.0 Å². The number of aromatic nitrogens is 3. The van der Waals surface area contributed by atoms with Crippen molar-refractivity contribution < 1.29 is 0 Å². The van der Waals surface area contributed by atoms with E-state index < -0.39 is 0 Å². The highest BCUT2D eigenvalue weighted by atomic mass is 15.1. The van der Waals surface area contributed by atoms with Crippen LogP contribution in [-0.4, -0.2) is 14.1 Å². The van der Waals surface area contributed by atoms with Crippen LogP contribution in [0.2, 0.25) is 0 Å². The summed E-state index contributed by atoms with van der Waals surface area (Å²) >= 11 is 0. The van der Waals surface area contributed by atoms with Crippen LogP contribution in [0.15, 0.2) is 109 Å². The largest absolute Gasteiger partial charge is 0.307 e. The van der Waals surface area contributed by atoms with Crippen molar-refractivity contribution in [1.29, 1.82) is 26.3 Å². The molecule has 0 radical (unpaired) electrons. The standard InChI is InChI=1S/C40H18N8/c41-18-24-5-9-35-30(13-24)31-14-25(19-42)6-10-36(31)47(35)39-23-46-40(17-34(39)29-4-2-1-3-28(29)22-45)48-37-11-7-26(20-43)15-32(37)33-16-27(21-44)8-12-38(33)48/h1-17,23H. The van der Waals surface area contributed by atoms with Gasteiger partial charge in [-0.25, -0.2) is 4.98 Å². The fourth-order valence-electron chi connectivity index (χ4n) is 6.60. The number of nitriles is 5. The molecule has 3 heterocycles. The minimum Gasteiger partial charge on any atom is -0.307 e. The van der Waals surface area contributed by atoms with Crippen molar-refractivity contribution in [1.82, 2.24) is 14.1 Å². The Morgan fingerprint density at radius 3 is 1.31 bits per heavy atom. The van der Waals surface area contributed by atoms with Gasteiger partial charge in [0.15, 0.2) is 0 Å². The Morgan fingerprint density at radius 1 is 0.438 bits per heavy atom. The Kier molecular flexibility index (Phi) is 6.22. The molecule has 8 aromatic rings. The average Bonchev–Trinajstić information content (AvgIpc) is 3.65. The number of hydrogen-bond acceptors (Lipinski definition) is 6. The molecule has 8 nitrogen and oxygen atoms in total. The van der Waals surface area contributed by atoms with E-state index in [2.05, 4.69) is 34.9 Å². The molecule has 8 heteroatoms. The van der Waals surface area contributed by atoms with Gasteiger partial charge in [0.1, 0.15) is 5.82 Å². The summed E-state index contributed by atoms with van der Waals surface area (Å²) < 4.78 is 4.05. The molecule has 0 aliphatic heterocycles. The van der Waals surface area contributed by atoms with Crippen molar-refractivity contribution in [3.63, 3.8) is 0 Å². The molecule has 0 bridgehead atoms. The first-order chi connectivity index (χ1) is 23.6. The second-order valence-electron chi connectivity index (χ2n) is 11.3. The highest BCUT2D eigenvalue weighted by molar-refractivity contribution is 6.11. The molecule has 218 valence electrons. The predicted molar refractivity (Wildman–Crippen MR) is 182 cm³/mol. The van der Waals surface area contributed by atoms with Crippen LogP contribution < -0.4 is 0 Å². The summed E-state index contributed by atoms with van der Waals surface area (Å²) in [4.78, 5) is 5.01. The number of nitrogens with zero attached hydrogens (tertiary/aromatic N) is 8. The van der Waals surface area contributed by atoms with Crippen molar-refractivity contribution in [3.05, 3.63) is 137 Å². The fourth-order valence-corrected chi connectivity index (χ4v) is 6.60. The van der Waals surface area contributed by atoms with Gasteiger partial charge in [0.05, 0.1) is 92.1 Å². The van der Waals surface area contributed by atoms with Crippen molar-refractivity contribution in [2.75, 3.05) is 0 Å². The van der Waals surface area contributed by atoms with Crippen molar-refractivity contribution in [2.45, 2.75) is 0 Å². The second kappa shape index (κ2) is 10.7. The predicted octanol–water partition coefficient (Wildman–Crippen LogP) is 8.30.